The molecule has 1 unspecified atom stereocenters. The summed E-state index contributed by atoms with van der Waals surface area (Å²) in [7, 11) is -4.46. The normalized spacial score (nSPS) is 14.2. The highest BCUT2D eigenvalue weighted by Gasteiger charge is 2.21. The van der Waals surface area contributed by atoms with E-state index in [2.05, 4.69) is 4.72 Å². The van der Waals surface area contributed by atoms with Gasteiger partial charge >= 0.3 is 0 Å². The van der Waals surface area contributed by atoms with Crippen LogP contribution in [0, 0.1) is 5.82 Å². The number of rotatable bonds is 6. The number of sulfonamides is 1. The van der Waals surface area contributed by atoms with Crippen molar-refractivity contribution in [3.05, 3.63) is 24.0 Å². The Morgan fingerprint density at radius 3 is 2.35 bits per heavy atom. The zero-order chi connectivity index (χ0) is 15.6. The van der Waals surface area contributed by atoms with Crippen molar-refractivity contribution in [2.75, 3.05) is 18.6 Å². The molecular weight excluding hydrogens is 353 g/mol. The van der Waals surface area contributed by atoms with Gasteiger partial charge in [-0.1, -0.05) is 0 Å². The lowest BCUT2D eigenvalue weighted by molar-refractivity contribution is 0.555. The van der Waals surface area contributed by atoms with Gasteiger partial charge in [0.2, 0.25) is 10.0 Å². The molecule has 114 valence electrons. The van der Waals surface area contributed by atoms with E-state index in [1.807, 2.05) is 0 Å². The number of halogens is 2. The maximum absolute atomic E-state index is 13.7. The molecule has 0 radical (unpaired) electrons. The summed E-state index contributed by atoms with van der Waals surface area (Å²) in [5, 5.41) is 0. The van der Waals surface area contributed by atoms with Crippen LogP contribution in [0.25, 0.3) is 0 Å². The first-order valence-corrected chi connectivity index (χ1v) is 10.6. The zero-order valence-corrected chi connectivity index (χ0v) is 13.4. The van der Waals surface area contributed by atoms with Crippen molar-refractivity contribution in [3.63, 3.8) is 0 Å². The lowest BCUT2D eigenvalue weighted by Gasteiger charge is -2.07. The van der Waals surface area contributed by atoms with Crippen LogP contribution in [-0.4, -0.2) is 39.6 Å². The Morgan fingerprint density at radius 1 is 1.30 bits per heavy atom. The third-order valence-corrected chi connectivity index (χ3v) is 5.78. The molecule has 6 nitrogen and oxygen atoms in total. The lowest BCUT2D eigenvalue weighted by atomic mass is 10.3. The van der Waals surface area contributed by atoms with Gasteiger partial charge in [-0.3, -0.25) is 4.21 Å². The van der Waals surface area contributed by atoms with Crippen molar-refractivity contribution in [2.45, 2.75) is 9.79 Å². The smallest absolute Gasteiger partial charge is 0.260 e. The van der Waals surface area contributed by atoms with Crippen molar-refractivity contribution >= 4 is 40.6 Å². The van der Waals surface area contributed by atoms with Crippen molar-refractivity contribution in [3.8, 4) is 0 Å². The summed E-state index contributed by atoms with van der Waals surface area (Å²) in [6, 6.07) is 2.21. The fourth-order valence-electron chi connectivity index (χ4n) is 1.25. The average molecular weight is 364 g/mol. The van der Waals surface area contributed by atoms with Gasteiger partial charge in [0.05, 0.1) is 4.90 Å². The fraction of sp³-hybridized carbons (Fsp3) is 0.333. The number of nitrogens with one attached hydrogen (secondary N) is 1. The number of benzene rings is 1. The minimum absolute atomic E-state index is 0.0784. The van der Waals surface area contributed by atoms with Gasteiger partial charge in [-0.15, -0.1) is 0 Å². The second-order valence-electron chi connectivity index (χ2n) is 3.71. The monoisotopic (exact) mass is 363 g/mol. The van der Waals surface area contributed by atoms with Crippen LogP contribution in [0.4, 0.5) is 4.39 Å². The van der Waals surface area contributed by atoms with Crippen LogP contribution in [-0.2, 0) is 29.9 Å². The molecule has 1 rings (SSSR count). The van der Waals surface area contributed by atoms with E-state index < -0.39 is 45.5 Å². The van der Waals surface area contributed by atoms with Gasteiger partial charge in [-0.2, -0.15) is 0 Å². The molecule has 1 atom stereocenters. The molecule has 11 heteroatoms. The first kappa shape index (κ1) is 17.5. The Morgan fingerprint density at radius 2 is 1.90 bits per heavy atom. The van der Waals surface area contributed by atoms with Gasteiger partial charge in [-0.25, -0.2) is 25.9 Å². The quantitative estimate of drug-likeness (QED) is 0.738. The van der Waals surface area contributed by atoms with Gasteiger partial charge in [0.1, 0.15) is 10.7 Å². The predicted molar refractivity (Wildman–Crippen MR) is 73.6 cm³/mol. The highest BCUT2D eigenvalue weighted by Crippen LogP contribution is 2.21. The Bertz CT molecular complexity index is 732. The number of hydrogen-bond donors (Lipinski definition) is 1. The standard InChI is InChI=1S/C9H11ClFNO5S3/c1-18(13)5-4-12-20(16,17)9-3-2-7(6-8(9)11)19(10,14)15/h2-3,6,12H,4-5H2,1H3. The third-order valence-electron chi connectivity index (χ3n) is 2.16. The van der Waals surface area contributed by atoms with Crippen molar-refractivity contribution in [1.82, 2.24) is 4.72 Å². The summed E-state index contributed by atoms with van der Waals surface area (Å²) in [6.45, 7) is -0.125. The van der Waals surface area contributed by atoms with E-state index in [1.165, 1.54) is 6.26 Å². The van der Waals surface area contributed by atoms with E-state index in [4.69, 9.17) is 10.7 Å². The first-order valence-electron chi connectivity index (χ1n) is 5.08. The second-order valence-corrected chi connectivity index (χ2v) is 9.56. The van der Waals surface area contributed by atoms with E-state index in [1.54, 1.807) is 0 Å². The maximum Gasteiger partial charge on any atom is 0.261 e. The average Bonchev–Trinajstić information content (AvgIpc) is 2.26. The molecule has 1 N–H and O–H groups in total. The second kappa shape index (κ2) is 6.48. The molecular formula is C9H11ClFNO5S3. The van der Waals surface area contributed by atoms with Gasteiger partial charge in [0.25, 0.3) is 9.05 Å². The van der Waals surface area contributed by atoms with E-state index in [9.17, 15) is 25.4 Å². The summed E-state index contributed by atoms with van der Waals surface area (Å²) in [5.74, 6) is -1.16. The zero-order valence-electron chi connectivity index (χ0n) is 10.2. The summed E-state index contributed by atoms with van der Waals surface area (Å²) in [5.41, 5.74) is 0. The number of hydrogen-bond acceptors (Lipinski definition) is 5. The fourth-order valence-corrected chi connectivity index (χ4v) is 3.62. The molecule has 20 heavy (non-hydrogen) atoms. The van der Waals surface area contributed by atoms with Gasteiger partial charge in [-0.05, 0) is 18.2 Å². The maximum atomic E-state index is 13.7. The molecule has 1 aromatic rings. The Balaban J connectivity index is 3.05. The molecule has 0 amide bonds. The minimum atomic E-state index is -4.15. The minimum Gasteiger partial charge on any atom is -0.260 e. The van der Waals surface area contributed by atoms with E-state index in [0.717, 1.165) is 12.1 Å². The molecule has 0 spiro atoms. The van der Waals surface area contributed by atoms with Crippen molar-refractivity contribution < 1.29 is 25.4 Å². The summed E-state index contributed by atoms with van der Waals surface area (Å²) >= 11 is 0. The van der Waals surface area contributed by atoms with Crippen LogP contribution in [0.2, 0.25) is 0 Å². The molecule has 0 bridgehead atoms. The molecule has 0 heterocycles. The molecule has 0 aliphatic heterocycles. The molecule has 0 aromatic heterocycles. The Kier molecular flexibility index (Phi) is 5.67. The largest absolute Gasteiger partial charge is 0.261 e. The van der Waals surface area contributed by atoms with Crippen LogP contribution >= 0.6 is 10.7 Å². The molecule has 0 saturated carbocycles. The SMILES string of the molecule is CS(=O)CCNS(=O)(=O)c1ccc(S(=O)(=O)Cl)cc1F. The summed E-state index contributed by atoms with van der Waals surface area (Å²) < 4.78 is 72.0. The Labute approximate surface area is 123 Å². The van der Waals surface area contributed by atoms with Crippen LogP contribution in [0.1, 0.15) is 0 Å². The van der Waals surface area contributed by atoms with E-state index >= 15 is 0 Å². The molecule has 0 aliphatic rings. The van der Waals surface area contributed by atoms with Crippen molar-refractivity contribution in [2.24, 2.45) is 0 Å². The van der Waals surface area contributed by atoms with Gasteiger partial charge < -0.3 is 0 Å². The molecule has 1 aromatic carbocycles. The lowest BCUT2D eigenvalue weighted by Crippen LogP contribution is -2.28. The highest BCUT2D eigenvalue weighted by atomic mass is 35.7. The molecule has 0 aliphatic carbocycles. The van der Waals surface area contributed by atoms with E-state index in [0.29, 0.717) is 6.07 Å². The van der Waals surface area contributed by atoms with Crippen LogP contribution in [0.3, 0.4) is 0 Å². The van der Waals surface area contributed by atoms with Crippen molar-refractivity contribution in [1.29, 1.82) is 0 Å². The van der Waals surface area contributed by atoms with Gasteiger partial charge in [0.15, 0.2) is 0 Å². The predicted octanol–water partition coefficient (Wildman–Crippen LogP) is 0.410. The van der Waals surface area contributed by atoms with Crippen LogP contribution in [0.15, 0.2) is 28.0 Å². The summed E-state index contributed by atoms with van der Waals surface area (Å²) in [4.78, 5) is -1.24. The van der Waals surface area contributed by atoms with E-state index in [-0.39, 0.29) is 12.3 Å². The van der Waals surface area contributed by atoms with Gasteiger partial charge in [0, 0.05) is 40.0 Å². The Hall–Kier alpha value is -0.550. The van der Waals surface area contributed by atoms with Crippen LogP contribution < -0.4 is 4.72 Å². The first-order chi connectivity index (χ1) is 9.04. The topological polar surface area (TPSA) is 97.4 Å². The van der Waals surface area contributed by atoms with Crippen LogP contribution in [0.5, 0.6) is 0 Å². The summed E-state index contributed by atoms with van der Waals surface area (Å²) in [6.07, 6.45) is 1.40. The molecule has 0 saturated heterocycles. The highest BCUT2D eigenvalue weighted by molar-refractivity contribution is 8.13. The third kappa shape index (κ3) is 4.77. The molecule has 0 fully saturated rings.